The first-order valence-electron chi connectivity index (χ1n) is 12.3. The number of para-hydroxylation sites is 1. The van der Waals surface area contributed by atoms with Crippen molar-refractivity contribution < 1.29 is 19.0 Å². The van der Waals surface area contributed by atoms with Gasteiger partial charge in [-0.3, -0.25) is 0 Å². The minimum Gasteiger partial charge on any atom is -0.493 e. The molecule has 1 aromatic heterocycles. The van der Waals surface area contributed by atoms with Crippen LogP contribution in [-0.4, -0.2) is 54.5 Å². The van der Waals surface area contributed by atoms with Gasteiger partial charge in [-0.15, -0.1) is 0 Å². The number of aromatic nitrogens is 1. The van der Waals surface area contributed by atoms with Crippen molar-refractivity contribution in [2.45, 2.75) is 39.2 Å². The molecular weight excluding hydrogens is 456 g/mol. The van der Waals surface area contributed by atoms with Crippen LogP contribution in [0.15, 0.2) is 48.5 Å². The highest BCUT2D eigenvalue weighted by molar-refractivity contribution is 5.85. The van der Waals surface area contributed by atoms with E-state index in [0.717, 1.165) is 41.1 Å². The molecule has 8 nitrogen and oxygen atoms in total. The van der Waals surface area contributed by atoms with Crippen LogP contribution in [0.3, 0.4) is 0 Å². The van der Waals surface area contributed by atoms with Gasteiger partial charge < -0.3 is 30.2 Å². The average Bonchev–Trinajstić information content (AvgIpc) is 2.76. The van der Waals surface area contributed by atoms with Crippen LogP contribution in [0, 0.1) is 5.41 Å². The molecule has 8 heteroatoms. The van der Waals surface area contributed by atoms with Crippen LogP contribution >= 0.6 is 0 Å². The molecule has 2 aromatic carbocycles. The first kappa shape index (κ1) is 24.2. The van der Waals surface area contributed by atoms with Crippen molar-refractivity contribution in [3.63, 3.8) is 0 Å². The number of fused-ring (bicyclic) bond motifs is 1. The van der Waals surface area contributed by atoms with Gasteiger partial charge in [0.2, 0.25) is 0 Å². The summed E-state index contributed by atoms with van der Waals surface area (Å²) in [5, 5.41) is 4.40. The van der Waals surface area contributed by atoms with E-state index in [4.69, 9.17) is 24.9 Å². The lowest BCUT2D eigenvalue weighted by atomic mass is 9.90. The summed E-state index contributed by atoms with van der Waals surface area (Å²) in [5.74, 6) is 1.66. The second-order valence-corrected chi connectivity index (χ2v) is 11.2. The predicted octanol–water partition coefficient (Wildman–Crippen LogP) is 5.31. The van der Waals surface area contributed by atoms with Crippen molar-refractivity contribution in [3.05, 3.63) is 54.1 Å². The maximum Gasteiger partial charge on any atom is 0.410 e. The zero-order valence-corrected chi connectivity index (χ0v) is 21.3. The van der Waals surface area contributed by atoms with Gasteiger partial charge in [-0.2, -0.15) is 0 Å². The maximum atomic E-state index is 12.4. The van der Waals surface area contributed by atoms with Crippen LogP contribution in [0.1, 0.15) is 39.2 Å². The number of rotatable bonds is 6. The van der Waals surface area contributed by atoms with E-state index in [9.17, 15) is 4.79 Å². The summed E-state index contributed by atoms with van der Waals surface area (Å²) in [5.41, 5.74) is 9.30. The summed E-state index contributed by atoms with van der Waals surface area (Å²) in [6.07, 6.45) is -0.271. The third kappa shape index (κ3) is 5.18. The van der Waals surface area contributed by atoms with Crippen molar-refractivity contribution in [1.82, 2.24) is 9.88 Å². The zero-order valence-electron chi connectivity index (χ0n) is 21.3. The lowest BCUT2D eigenvalue weighted by molar-refractivity contribution is -0.120. The summed E-state index contributed by atoms with van der Waals surface area (Å²) in [6.45, 7) is 11.1. The number of hydrogen-bond donors (Lipinski definition) is 2. The first-order valence-corrected chi connectivity index (χ1v) is 12.3. The summed E-state index contributed by atoms with van der Waals surface area (Å²) in [7, 11) is 0. The minimum atomic E-state index is -0.500. The van der Waals surface area contributed by atoms with Crippen LogP contribution in [0.2, 0.25) is 0 Å². The van der Waals surface area contributed by atoms with Crippen LogP contribution in [0.5, 0.6) is 5.75 Å². The molecule has 0 atom stereocenters. The van der Waals surface area contributed by atoms with Crippen molar-refractivity contribution in [1.29, 1.82) is 0 Å². The number of nitrogens with zero attached hydrogens (tertiary/aromatic N) is 2. The van der Waals surface area contributed by atoms with Gasteiger partial charge in [0, 0.05) is 35.9 Å². The van der Waals surface area contributed by atoms with Crippen LogP contribution in [-0.2, 0) is 9.47 Å². The number of carbonyl (C=O) groups is 1. The maximum absolute atomic E-state index is 12.4. The number of hydrogen-bond acceptors (Lipinski definition) is 7. The van der Waals surface area contributed by atoms with E-state index in [1.807, 2.05) is 63.2 Å². The number of ether oxygens (including phenoxy) is 3. The third-order valence-corrected chi connectivity index (χ3v) is 6.50. The molecule has 1 amide bonds. The summed E-state index contributed by atoms with van der Waals surface area (Å²) >= 11 is 0. The molecule has 2 aliphatic rings. The lowest BCUT2D eigenvalue weighted by Crippen LogP contribution is -2.50. The van der Waals surface area contributed by atoms with E-state index in [-0.39, 0.29) is 17.4 Å². The normalized spacial score (nSPS) is 17.3. The molecular formula is C28H34N4O4. The Kier molecular flexibility index (Phi) is 6.16. The molecule has 5 rings (SSSR count). The molecule has 0 saturated carbocycles. The Morgan fingerprint density at radius 3 is 2.64 bits per heavy atom. The molecule has 3 N–H and O–H groups in total. The number of likely N-dealkylation sites (tertiary alicyclic amines) is 1. The van der Waals surface area contributed by atoms with E-state index in [1.165, 1.54) is 0 Å². The minimum absolute atomic E-state index is 0.0722. The van der Waals surface area contributed by atoms with Gasteiger partial charge in [0.25, 0.3) is 0 Å². The predicted molar refractivity (Wildman–Crippen MR) is 141 cm³/mol. The zero-order chi connectivity index (χ0) is 25.5. The third-order valence-electron chi connectivity index (χ3n) is 6.50. The van der Waals surface area contributed by atoms with Gasteiger partial charge in [0.1, 0.15) is 17.2 Å². The first-order chi connectivity index (χ1) is 17.1. The van der Waals surface area contributed by atoms with Crippen molar-refractivity contribution in [2.75, 3.05) is 44.0 Å². The highest BCUT2D eigenvalue weighted by Crippen LogP contribution is 2.34. The topological polar surface area (TPSA) is 98.9 Å². The molecule has 2 aliphatic heterocycles. The van der Waals surface area contributed by atoms with Crippen molar-refractivity contribution >= 4 is 34.2 Å². The fourth-order valence-corrected chi connectivity index (χ4v) is 4.39. The number of nitrogens with one attached hydrogen (secondary N) is 1. The van der Waals surface area contributed by atoms with Crippen molar-refractivity contribution in [3.8, 4) is 5.75 Å². The number of pyridine rings is 1. The van der Waals surface area contributed by atoms with Gasteiger partial charge in [0.05, 0.1) is 36.7 Å². The monoisotopic (exact) mass is 490 g/mol. The molecule has 3 aromatic rings. The summed E-state index contributed by atoms with van der Waals surface area (Å²) in [6, 6.07) is 15.8. The summed E-state index contributed by atoms with van der Waals surface area (Å²) in [4.78, 5) is 19.0. The van der Waals surface area contributed by atoms with E-state index in [1.54, 1.807) is 4.90 Å². The quantitative estimate of drug-likeness (QED) is 0.452. The Balaban J connectivity index is 1.28. The van der Waals surface area contributed by atoms with Crippen molar-refractivity contribution in [2.24, 2.45) is 5.41 Å². The average molecular weight is 491 g/mol. The number of nitrogen functional groups attached to an aromatic ring is 1. The van der Waals surface area contributed by atoms with Crippen LogP contribution in [0.25, 0.3) is 10.9 Å². The Labute approximate surface area is 211 Å². The highest BCUT2D eigenvalue weighted by Gasteiger charge is 2.36. The largest absolute Gasteiger partial charge is 0.493 e. The van der Waals surface area contributed by atoms with Gasteiger partial charge in [-0.1, -0.05) is 25.1 Å². The fraction of sp³-hybridized carbons (Fsp3) is 0.429. The molecule has 0 aliphatic carbocycles. The highest BCUT2D eigenvalue weighted by atomic mass is 16.6. The number of amides is 1. The van der Waals surface area contributed by atoms with Crippen LogP contribution < -0.4 is 15.8 Å². The van der Waals surface area contributed by atoms with Crippen LogP contribution in [0.4, 0.5) is 22.0 Å². The molecule has 3 heterocycles. The van der Waals surface area contributed by atoms with E-state index < -0.39 is 5.60 Å². The van der Waals surface area contributed by atoms with Gasteiger partial charge >= 0.3 is 6.09 Å². The molecule has 0 bridgehead atoms. The van der Waals surface area contributed by atoms with Gasteiger partial charge in [-0.25, -0.2) is 9.78 Å². The SMILES string of the molecule is CC1(COc2ccc(Nc3ccc4cccc(C5CN(C(=O)OC(C)(C)C)C5)c4n3)c(N)c2)COC1. The Morgan fingerprint density at radius 1 is 1.19 bits per heavy atom. The number of nitrogens with two attached hydrogens (primary N) is 1. The Morgan fingerprint density at radius 2 is 1.97 bits per heavy atom. The lowest BCUT2D eigenvalue weighted by Gasteiger charge is -2.40. The van der Waals surface area contributed by atoms with E-state index in [0.29, 0.717) is 31.2 Å². The molecule has 0 spiro atoms. The van der Waals surface area contributed by atoms with Gasteiger partial charge in [0.15, 0.2) is 0 Å². The summed E-state index contributed by atoms with van der Waals surface area (Å²) < 4.78 is 16.7. The Bertz CT molecular complexity index is 1280. The standard InChI is InChI=1S/C28H34N4O4/c1-27(2,3)36-26(33)32-13-19(14-32)21-7-5-6-18-8-11-24(31-25(18)21)30-23-10-9-20(12-22(23)29)35-17-28(4)15-34-16-28/h5-12,19H,13-17,29H2,1-4H3,(H,30,31). The Hall–Kier alpha value is -3.52. The second-order valence-electron chi connectivity index (χ2n) is 11.2. The molecule has 0 radical (unpaired) electrons. The van der Waals surface area contributed by atoms with E-state index in [2.05, 4.69) is 18.3 Å². The number of benzene rings is 2. The molecule has 190 valence electrons. The molecule has 0 unspecified atom stereocenters. The fourth-order valence-electron chi connectivity index (χ4n) is 4.39. The van der Waals surface area contributed by atoms with Gasteiger partial charge in [-0.05, 0) is 50.6 Å². The number of anilines is 3. The van der Waals surface area contributed by atoms with E-state index >= 15 is 0 Å². The molecule has 36 heavy (non-hydrogen) atoms. The molecule has 2 fully saturated rings. The second kappa shape index (κ2) is 9.17. The smallest absolute Gasteiger partial charge is 0.410 e. The number of carbonyl (C=O) groups excluding carboxylic acids is 1. The molecule has 2 saturated heterocycles.